The van der Waals surface area contributed by atoms with Crippen molar-refractivity contribution in [2.24, 2.45) is 0 Å². The molecular formula is C13H20N2O8. The van der Waals surface area contributed by atoms with Gasteiger partial charge in [-0.3, -0.25) is 19.3 Å². The van der Waals surface area contributed by atoms with E-state index in [2.05, 4.69) is 16.6 Å². The van der Waals surface area contributed by atoms with Gasteiger partial charge in [-0.2, -0.15) is 0 Å². The van der Waals surface area contributed by atoms with Crippen molar-refractivity contribution >= 4 is 23.9 Å². The average molecular weight is 332 g/mol. The lowest BCUT2D eigenvalue weighted by Crippen LogP contribution is -2.40. The zero-order chi connectivity index (χ0) is 17.7. The summed E-state index contributed by atoms with van der Waals surface area (Å²) in [6, 6.07) is 0. The molecule has 10 heteroatoms. The summed E-state index contributed by atoms with van der Waals surface area (Å²) in [5.74, 6) is -3.49. The number of carbonyl (C=O) groups is 4. The quantitative estimate of drug-likeness (QED) is 0.203. The van der Waals surface area contributed by atoms with E-state index in [9.17, 15) is 19.2 Å². The predicted molar refractivity (Wildman–Crippen MR) is 76.7 cm³/mol. The van der Waals surface area contributed by atoms with Crippen LogP contribution in [0.25, 0.3) is 0 Å². The largest absolute Gasteiger partial charge is 0.480 e. The highest BCUT2D eigenvalue weighted by Crippen LogP contribution is 1.91. The van der Waals surface area contributed by atoms with Crippen molar-refractivity contribution in [1.82, 2.24) is 10.2 Å². The summed E-state index contributed by atoms with van der Waals surface area (Å²) in [4.78, 5) is 44.6. The molecule has 0 amide bonds. The molecule has 3 N–H and O–H groups in total. The first-order valence-electron chi connectivity index (χ1n) is 6.66. The van der Waals surface area contributed by atoms with E-state index >= 15 is 0 Å². The first-order chi connectivity index (χ1) is 10.8. The topological polar surface area (TPSA) is 142 Å². The Morgan fingerprint density at radius 2 is 1.70 bits per heavy atom. The molecule has 0 unspecified atom stereocenters. The molecule has 0 spiro atoms. The third-order valence-corrected chi connectivity index (χ3v) is 2.35. The molecule has 0 aromatic carbocycles. The van der Waals surface area contributed by atoms with Crippen LogP contribution in [-0.4, -0.2) is 84.9 Å². The van der Waals surface area contributed by atoms with Gasteiger partial charge in [-0.1, -0.05) is 6.58 Å². The molecule has 0 bridgehead atoms. The van der Waals surface area contributed by atoms with Gasteiger partial charge in [-0.25, -0.2) is 4.79 Å². The maximum atomic E-state index is 11.6. The van der Waals surface area contributed by atoms with Gasteiger partial charge in [-0.05, 0) is 0 Å². The van der Waals surface area contributed by atoms with Crippen molar-refractivity contribution in [3.05, 3.63) is 12.7 Å². The molecule has 0 saturated heterocycles. The summed E-state index contributed by atoms with van der Waals surface area (Å²) in [6.45, 7) is 2.33. The van der Waals surface area contributed by atoms with Crippen LogP contribution < -0.4 is 5.32 Å². The van der Waals surface area contributed by atoms with Crippen LogP contribution in [0.4, 0.5) is 0 Å². The maximum Gasteiger partial charge on any atom is 0.330 e. The molecule has 0 fully saturated rings. The number of carbonyl (C=O) groups excluding carboxylic acids is 2. The molecule has 0 heterocycles. The molecular weight excluding hydrogens is 312 g/mol. The van der Waals surface area contributed by atoms with Crippen LogP contribution >= 0.6 is 0 Å². The lowest BCUT2D eigenvalue weighted by molar-refractivity contribution is -0.151. The third kappa shape index (κ3) is 13.0. The number of hydrogen-bond acceptors (Lipinski definition) is 8. The van der Waals surface area contributed by atoms with Crippen molar-refractivity contribution in [2.75, 3.05) is 45.9 Å². The highest BCUT2D eigenvalue weighted by molar-refractivity contribution is 5.81. The fourth-order valence-corrected chi connectivity index (χ4v) is 1.42. The lowest BCUT2D eigenvalue weighted by Gasteiger charge is -2.19. The minimum atomic E-state index is -1.13. The fraction of sp³-hybridized carbons (Fsp3) is 0.538. The molecule has 0 saturated carbocycles. The Kier molecular flexibility index (Phi) is 10.8. The molecule has 130 valence electrons. The summed E-state index contributed by atoms with van der Waals surface area (Å²) >= 11 is 0. The van der Waals surface area contributed by atoms with E-state index < -0.39 is 30.4 Å². The molecule has 0 aliphatic rings. The number of nitrogens with one attached hydrogen (secondary N) is 1. The molecule has 0 aliphatic carbocycles. The van der Waals surface area contributed by atoms with Crippen molar-refractivity contribution in [1.29, 1.82) is 0 Å². The molecule has 10 nitrogen and oxygen atoms in total. The van der Waals surface area contributed by atoms with Gasteiger partial charge in [0, 0.05) is 19.2 Å². The van der Waals surface area contributed by atoms with Crippen LogP contribution in [0.3, 0.4) is 0 Å². The maximum absolute atomic E-state index is 11.6. The number of rotatable bonds is 13. The predicted octanol–water partition coefficient (Wildman–Crippen LogP) is -1.68. The minimum Gasteiger partial charge on any atom is -0.480 e. The monoisotopic (exact) mass is 332 g/mol. The van der Waals surface area contributed by atoms with E-state index in [1.54, 1.807) is 0 Å². The Bertz CT molecular complexity index is 438. The van der Waals surface area contributed by atoms with Crippen LogP contribution in [0.5, 0.6) is 0 Å². The summed E-state index contributed by atoms with van der Waals surface area (Å²) < 4.78 is 9.40. The second-order valence-corrected chi connectivity index (χ2v) is 4.27. The summed E-state index contributed by atoms with van der Waals surface area (Å²) in [6.07, 6.45) is 0.973. The average Bonchev–Trinajstić information content (AvgIpc) is 2.46. The van der Waals surface area contributed by atoms with Crippen molar-refractivity contribution in [3.63, 3.8) is 0 Å². The fourth-order valence-electron chi connectivity index (χ4n) is 1.42. The van der Waals surface area contributed by atoms with E-state index in [0.717, 1.165) is 6.08 Å². The second-order valence-electron chi connectivity index (χ2n) is 4.27. The Morgan fingerprint density at radius 3 is 2.26 bits per heavy atom. The van der Waals surface area contributed by atoms with E-state index in [0.29, 0.717) is 0 Å². The SMILES string of the molecule is C=CC(=O)OCCOC(=O)CN(CCNCC(=O)O)CC(=O)O. The Morgan fingerprint density at radius 1 is 1.04 bits per heavy atom. The summed E-state index contributed by atoms with van der Waals surface area (Å²) in [7, 11) is 0. The Hall–Kier alpha value is -2.46. The van der Waals surface area contributed by atoms with Gasteiger partial charge in [-0.15, -0.1) is 0 Å². The standard InChI is InChI=1S/C13H20N2O8/c1-2-12(20)22-5-6-23-13(21)9-15(8-11(18)19)4-3-14-7-10(16)17/h2,14H,1,3-9H2,(H,16,17)(H,18,19). The van der Waals surface area contributed by atoms with Crippen LogP contribution in [0.2, 0.25) is 0 Å². The van der Waals surface area contributed by atoms with Crippen LogP contribution in [0.1, 0.15) is 0 Å². The van der Waals surface area contributed by atoms with E-state index in [-0.39, 0.29) is 39.4 Å². The Labute approximate surface area is 132 Å². The highest BCUT2D eigenvalue weighted by Gasteiger charge is 2.15. The smallest absolute Gasteiger partial charge is 0.330 e. The van der Waals surface area contributed by atoms with Crippen molar-refractivity contribution in [2.45, 2.75) is 0 Å². The number of nitrogens with zero attached hydrogens (tertiary/aromatic N) is 1. The number of hydrogen-bond donors (Lipinski definition) is 3. The van der Waals surface area contributed by atoms with Gasteiger partial charge in [0.2, 0.25) is 0 Å². The van der Waals surface area contributed by atoms with Gasteiger partial charge in [0.15, 0.2) is 0 Å². The molecule has 23 heavy (non-hydrogen) atoms. The van der Waals surface area contributed by atoms with Gasteiger partial charge >= 0.3 is 23.9 Å². The molecule has 0 rings (SSSR count). The number of carboxylic acids is 2. The van der Waals surface area contributed by atoms with E-state index in [1.807, 2.05) is 0 Å². The first kappa shape index (κ1) is 20.5. The van der Waals surface area contributed by atoms with Crippen LogP contribution in [0, 0.1) is 0 Å². The minimum absolute atomic E-state index is 0.129. The second kappa shape index (κ2) is 12.1. The van der Waals surface area contributed by atoms with E-state index in [4.69, 9.17) is 14.9 Å². The summed E-state index contributed by atoms with van der Waals surface area (Å²) in [5.41, 5.74) is 0. The number of ether oxygens (including phenoxy) is 2. The number of aliphatic carboxylic acids is 2. The van der Waals surface area contributed by atoms with Gasteiger partial charge in [0.25, 0.3) is 0 Å². The normalized spacial score (nSPS) is 10.1. The lowest BCUT2D eigenvalue weighted by atomic mass is 10.4. The first-order valence-corrected chi connectivity index (χ1v) is 6.66. The van der Waals surface area contributed by atoms with Gasteiger partial charge in [0.1, 0.15) is 13.2 Å². The molecule has 0 aliphatic heterocycles. The molecule has 0 aromatic rings. The number of esters is 2. The van der Waals surface area contributed by atoms with Crippen LogP contribution in [-0.2, 0) is 28.7 Å². The zero-order valence-corrected chi connectivity index (χ0v) is 12.5. The van der Waals surface area contributed by atoms with E-state index in [1.165, 1.54) is 4.90 Å². The van der Waals surface area contributed by atoms with Crippen LogP contribution in [0.15, 0.2) is 12.7 Å². The summed E-state index contributed by atoms with van der Waals surface area (Å²) in [5, 5.41) is 19.8. The third-order valence-electron chi connectivity index (χ3n) is 2.35. The van der Waals surface area contributed by atoms with Crippen molar-refractivity contribution in [3.8, 4) is 0 Å². The molecule has 0 aromatic heterocycles. The van der Waals surface area contributed by atoms with Gasteiger partial charge in [0.05, 0.1) is 19.6 Å². The Balaban J connectivity index is 4.07. The molecule has 0 radical (unpaired) electrons. The van der Waals surface area contributed by atoms with Gasteiger partial charge < -0.3 is 25.0 Å². The number of carboxylic acid groups (broad SMARTS) is 2. The van der Waals surface area contributed by atoms with Crippen molar-refractivity contribution < 1.29 is 38.9 Å². The zero-order valence-electron chi connectivity index (χ0n) is 12.5. The molecule has 0 atom stereocenters. The highest BCUT2D eigenvalue weighted by atomic mass is 16.6.